The van der Waals surface area contributed by atoms with E-state index in [-0.39, 0.29) is 18.2 Å². The summed E-state index contributed by atoms with van der Waals surface area (Å²) in [6.45, 7) is 4.14. The van der Waals surface area contributed by atoms with Crippen LogP contribution < -0.4 is 5.32 Å². The van der Waals surface area contributed by atoms with E-state index in [1.807, 2.05) is 0 Å². The first-order valence-corrected chi connectivity index (χ1v) is 6.70. The highest BCUT2D eigenvalue weighted by atomic mass is 35.5. The smallest absolute Gasteiger partial charge is 0.142 e. The molecule has 2 heterocycles. The summed E-state index contributed by atoms with van der Waals surface area (Å²) in [5, 5.41) is 4.25. The molecular formula is C14H13ClFN3S. The Kier molecular flexibility index (Phi) is 4.20. The van der Waals surface area contributed by atoms with E-state index in [2.05, 4.69) is 29.1 Å². The summed E-state index contributed by atoms with van der Waals surface area (Å²) in [7, 11) is 0. The summed E-state index contributed by atoms with van der Waals surface area (Å²) in [5.74, 6) is 0.513. The highest BCUT2D eigenvalue weighted by molar-refractivity contribution is 7.18. The number of aryl methyl sites for hydroxylation is 2. The van der Waals surface area contributed by atoms with Gasteiger partial charge in [0.25, 0.3) is 0 Å². The number of hydrogen-bond acceptors (Lipinski definition) is 4. The maximum absolute atomic E-state index is 12.9. The molecule has 3 nitrogen and oxygen atoms in total. The zero-order valence-corrected chi connectivity index (χ0v) is 12.6. The predicted molar refractivity (Wildman–Crippen MR) is 83.8 cm³/mol. The Balaban J connectivity index is 0.00000147. The number of aromatic nitrogens is 2. The van der Waals surface area contributed by atoms with Gasteiger partial charge in [-0.1, -0.05) is 0 Å². The van der Waals surface area contributed by atoms with E-state index in [0.717, 1.165) is 21.7 Å². The van der Waals surface area contributed by atoms with Crippen molar-refractivity contribution in [1.29, 1.82) is 0 Å². The molecule has 0 atom stereocenters. The number of halogens is 2. The quantitative estimate of drug-likeness (QED) is 0.751. The number of fused-ring (bicyclic) bond motifs is 1. The Labute approximate surface area is 126 Å². The number of nitrogens with one attached hydrogen (secondary N) is 1. The van der Waals surface area contributed by atoms with Gasteiger partial charge in [-0.05, 0) is 43.7 Å². The molecule has 3 rings (SSSR count). The van der Waals surface area contributed by atoms with Gasteiger partial charge in [0, 0.05) is 10.6 Å². The van der Waals surface area contributed by atoms with Crippen molar-refractivity contribution in [3.05, 3.63) is 46.9 Å². The van der Waals surface area contributed by atoms with Gasteiger partial charge < -0.3 is 5.32 Å². The van der Waals surface area contributed by atoms with Crippen molar-refractivity contribution < 1.29 is 4.39 Å². The Bertz CT molecular complexity index is 740. The van der Waals surface area contributed by atoms with Crippen LogP contribution in [0, 0.1) is 19.7 Å². The van der Waals surface area contributed by atoms with Gasteiger partial charge in [-0.3, -0.25) is 0 Å². The summed E-state index contributed by atoms with van der Waals surface area (Å²) >= 11 is 1.65. The van der Waals surface area contributed by atoms with Gasteiger partial charge in [-0.2, -0.15) is 0 Å². The molecule has 0 aliphatic rings. The van der Waals surface area contributed by atoms with E-state index in [9.17, 15) is 4.39 Å². The second kappa shape index (κ2) is 5.73. The molecule has 0 saturated carbocycles. The number of anilines is 2. The molecule has 3 aromatic rings. The summed E-state index contributed by atoms with van der Waals surface area (Å²) in [6.07, 6.45) is 1.55. The zero-order valence-electron chi connectivity index (χ0n) is 11.0. The average molecular weight is 310 g/mol. The zero-order chi connectivity index (χ0) is 13.4. The van der Waals surface area contributed by atoms with Gasteiger partial charge in [0.2, 0.25) is 0 Å². The van der Waals surface area contributed by atoms with E-state index in [4.69, 9.17) is 0 Å². The van der Waals surface area contributed by atoms with Crippen molar-refractivity contribution >= 4 is 45.5 Å². The van der Waals surface area contributed by atoms with Crippen LogP contribution in [0.15, 0.2) is 30.6 Å². The van der Waals surface area contributed by atoms with E-state index < -0.39 is 0 Å². The number of rotatable bonds is 2. The highest BCUT2D eigenvalue weighted by Gasteiger charge is 2.11. The SMILES string of the molecule is Cc1sc2ncnc(Nc3ccc(F)cc3)c2c1C.Cl. The molecule has 0 unspecified atom stereocenters. The molecule has 0 radical (unpaired) electrons. The molecule has 0 fully saturated rings. The first-order chi connectivity index (χ1) is 9.15. The minimum Gasteiger partial charge on any atom is -0.340 e. The molecule has 0 aliphatic heterocycles. The fourth-order valence-corrected chi connectivity index (χ4v) is 2.94. The van der Waals surface area contributed by atoms with Gasteiger partial charge in [-0.25, -0.2) is 14.4 Å². The van der Waals surface area contributed by atoms with Crippen molar-refractivity contribution in [1.82, 2.24) is 9.97 Å². The van der Waals surface area contributed by atoms with Crippen LogP contribution in [0.25, 0.3) is 10.2 Å². The number of hydrogen-bond donors (Lipinski definition) is 1. The third-order valence-corrected chi connectivity index (χ3v) is 4.19. The van der Waals surface area contributed by atoms with E-state index in [0.29, 0.717) is 0 Å². The lowest BCUT2D eigenvalue weighted by atomic mass is 10.2. The molecule has 20 heavy (non-hydrogen) atoms. The van der Waals surface area contributed by atoms with Crippen LogP contribution in [0.5, 0.6) is 0 Å². The molecule has 0 saturated heterocycles. The maximum Gasteiger partial charge on any atom is 0.142 e. The van der Waals surface area contributed by atoms with Crippen molar-refractivity contribution in [3.8, 4) is 0 Å². The van der Waals surface area contributed by atoms with Crippen LogP contribution in [0.2, 0.25) is 0 Å². The van der Waals surface area contributed by atoms with Crippen LogP contribution in [-0.4, -0.2) is 9.97 Å². The van der Waals surface area contributed by atoms with Gasteiger partial charge >= 0.3 is 0 Å². The normalized spacial score (nSPS) is 10.3. The maximum atomic E-state index is 12.9. The van der Waals surface area contributed by atoms with Gasteiger partial charge in [0.15, 0.2) is 0 Å². The van der Waals surface area contributed by atoms with Crippen LogP contribution in [0.3, 0.4) is 0 Å². The standard InChI is InChI=1S/C14H12FN3S.ClH/c1-8-9(2)19-14-12(8)13(16-7-17-14)18-11-5-3-10(15)4-6-11;/h3-7H,1-2H3,(H,16,17,18);1H. The topological polar surface area (TPSA) is 37.8 Å². The Morgan fingerprint density at radius 1 is 1.10 bits per heavy atom. The second-order valence-electron chi connectivity index (χ2n) is 4.32. The summed E-state index contributed by atoms with van der Waals surface area (Å²) < 4.78 is 12.9. The molecular weight excluding hydrogens is 297 g/mol. The Hall–Kier alpha value is -1.72. The Morgan fingerprint density at radius 2 is 1.80 bits per heavy atom. The van der Waals surface area contributed by atoms with Gasteiger partial charge in [0.1, 0.15) is 22.8 Å². The van der Waals surface area contributed by atoms with Gasteiger partial charge in [-0.15, -0.1) is 23.7 Å². The number of thiophene rings is 1. The molecule has 6 heteroatoms. The molecule has 0 aliphatic carbocycles. The second-order valence-corrected chi connectivity index (χ2v) is 5.52. The lowest BCUT2D eigenvalue weighted by Gasteiger charge is -2.07. The van der Waals surface area contributed by atoms with Crippen LogP contribution in [-0.2, 0) is 0 Å². The monoisotopic (exact) mass is 309 g/mol. The van der Waals surface area contributed by atoms with Crippen molar-refractivity contribution in [2.45, 2.75) is 13.8 Å². The average Bonchev–Trinajstić information content (AvgIpc) is 2.69. The fraction of sp³-hybridized carbons (Fsp3) is 0.143. The lowest BCUT2D eigenvalue weighted by molar-refractivity contribution is 0.628. The molecule has 1 N–H and O–H groups in total. The van der Waals surface area contributed by atoms with E-state index in [1.165, 1.54) is 22.6 Å². The predicted octanol–water partition coefficient (Wildman–Crippen LogP) is 4.61. The van der Waals surface area contributed by atoms with Crippen LogP contribution in [0.4, 0.5) is 15.9 Å². The molecule has 1 aromatic carbocycles. The third-order valence-electron chi connectivity index (χ3n) is 3.07. The molecule has 2 aromatic heterocycles. The first kappa shape index (κ1) is 14.7. The lowest BCUT2D eigenvalue weighted by Crippen LogP contribution is -1.95. The highest BCUT2D eigenvalue weighted by Crippen LogP contribution is 2.33. The molecule has 0 spiro atoms. The first-order valence-electron chi connectivity index (χ1n) is 5.88. The van der Waals surface area contributed by atoms with Crippen molar-refractivity contribution in [3.63, 3.8) is 0 Å². The minimum absolute atomic E-state index is 0. The van der Waals surface area contributed by atoms with E-state index >= 15 is 0 Å². The Morgan fingerprint density at radius 3 is 2.50 bits per heavy atom. The summed E-state index contributed by atoms with van der Waals surface area (Å²) in [4.78, 5) is 10.8. The number of nitrogens with zero attached hydrogens (tertiary/aromatic N) is 2. The molecule has 0 amide bonds. The minimum atomic E-state index is -0.249. The van der Waals surface area contributed by atoms with Crippen LogP contribution in [0.1, 0.15) is 10.4 Å². The molecule has 0 bridgehead atoms. The van der Waals surface area contributed by atoms with Gasteiger partial charge in [0.05, 0.1) is 5.39 Å². The number of benzene rings is 1. The summed E-state index contributed by atoms with van der Waals surface area (Å²) in [6, 6.07) is 6.23. The summed E-state index contributed by atoms with van der Waals surface area (Å²) in [5.41, 5.74) is 2.00. The molecule has 104 valence electrons. The van der Waals surface area contributed by atoms with Crippen molar-refractivity contribution in [2.24, 2.45) is 0 Å². The largest absolute Gasteiger partial charge is 0.340 e. The van der Waals surface area contributed by atoms with Crippen molar-refractivity contribution in [2.75, 3.05) is 5.32 Å². The van der Waals surface area contributed by atoms with E-state index in [1.54, 1.807) is 29.8 Å². The fourth-order valence-electron chi connectivity index (χ4n) is 1.95. The van der Waals surface area contributed by atoms with Crippen LogP contribution >= 0.6 is 23.7 Å². The third kappa shape index (κ3) is 2.59.